The van der Waals surface area contributed by atoms with E-state index in [2.05, 4.69) is 21.2 Å². The number of alkyl halides is 1. The van der Waals surface area contributed by atoms with E-state index in [9.17, 15) is 18.0 Å². The highest BCUT2D eigenvalue weighted by molar-refractivity contribution is 9.08. The highest BCUT2D eigenvalue weighted by atomic mass is 79.9. The number of sulfone groups is 1. The Labute approximate surface area is 161 Å². The van der Waals surface area contributed by atoms with Gasteiger partial charge < -0.3 is 10.1 Å². The van der Waals surface area contributed by atoms with E-state index in [1.54, 1.807) is 20.8 Å². The molecule has 142 valence electrons. The van der Waals surface area contributed by atoms with Crippen molar-refractivity contribution >= 4 is 49.0 Å². The van der Waals surface area contributed by atoms with Crippen LogP contribution in [0.3, 0.4) is 0 Å². The van der Waals surface area contributed by atoms with Gasteiger partial charge in [0, 0.05) is 18.1 Å². The summed E-state index contributed by atoms with van der Waals surface area (Å²) in [6.07, 6.45) is 0.933. The van der Waals surface area contributed by atoms with Crippen LogP contribution in [0.15, 0.2) is 11.4 Å². The van der Waals surface area contributed by atoms with Gasteiger partial charge >= 0.3 is 5.97 Å². The Balaban J connectivity index is 2.84. The second kappa shape index (κ2) is 8.18. The molecule has 0 radical (unpaired) electrons. The largest absolute Gasteiger partial charge is 0.459 e. The molecule has 9 heteroatoms. The van der Waals surface area contributed by atoms with E-state index in [0.717, 1.165) is 11.8 Å². The van der Waals surface area contributed by atoms with Gasteiger partial charge in [-0.1, -0.05) is 15.9 Å². The smallest absolute Gasteiger partial charge is 0.327 e. The number of nitrogens with one attached hydrogen (secondary N) is 1. The molecule has 0 bridgehead atoms. The molecule has 1 aromatic heterocycles. The average molecular weight is 454 g/mol. The molecule has 6 nitrogen and oxygen atoms in total. The average Bonchev–Trinajstić information content (AvgIpc) is 2.92. The third-order valence-corrected chi connectivity index (χ3v) is 7.20. The summed E-state index contributed by atoms with van der Waals surface area (Å²) in [7, 11) is -3.73. The number of carbonyl (C=O) groups excluding carboxylic acids is 2. The van der Waals surface area contributed by atoms with Crippen molar-refractivity contribution < 1.29 is 22.7 Å². The maximum Gasteiger partial charge on any atom is 0.327 e. The molecule has 0 fully saturated rings. The molecule has 1 amide bonds. The van der Waals surface area contributed by atoms with Gasteiger partial charge in [-0.15, -0.1) is 11.3 Å². The summed E-state index contributed by atoms with van der Waals surface area (Å²) >= 11 is 4.62. The summed E-state index contributed by atoms with van der Waals surface area (Å²) < 4.78 is 27.9. The van der Waals surface area contributed by atoms with Crippen LogP contribution in [0.1, 0.15) is 49.4 Å². The summed E-state index contributed by atoms with van der Waals surface area (Å²) in [5.74, 6) is -1.10. The lowest BCUT2D eigenvalue weighted by Crippen LogP contribution is -2.48. The molecule has 0 saturated heterocycles. The van der Waals surface area contributed by atoms with E-state index in [0.29, 0.717) is 10.2 Å². The molecule has 1 N–H and O–H groups in total. The topological polar surface area (TPSA) is 89.5 Å². The van der Waals surface area contributed by atoms with Gasteiger partial charge in [-0.2, -0.15) is 0 Å². The second-order valence-corrected chi connectivity index (χ2v) is 10.8. The van der Waals surface area contributed by atoms with Crippen molar-refractivity contribution in [3.63, 3.8) is 0 Å². The van der Waals surface area contributed by atoms with Crippen LogP contribution in [-0.2, 0) is 24.7 Å². The number of hydrogen-bond acceptors (Lipinski definition) is 6. The van der Waals surface area contributed by atoms with Crippen molar-refractivity contribution in [3.05, 3.63) is 21.9 Å². The number of esters is 1. The minimum atomic E-state index is -3.73. The van der Waals surface area contributed by atoms with Gasteiger partial charge in [0.15, 0.2) is 14.6 Å². The molecule has 1 rings (SSSR count). The molecule has 0 aliphatic rings. The van der Waals surface area contributed by atoms with E-state index in [-0.39, 0.29) is 18.9 Å². The van der Waals surface area contributed by atoms with Crippen molar-refractivity contribution in [1.82, 2.24) is 5.32 Å². The number of thiophene rings is 1. The fourth-order valence-corrected chi connectivity index (χ4v) is 4.27. The monoisotopic (exact) mass is 453 g/mol. The molecule has 0 spiro atoms. The Morgan fingerprint density at radius 1 is 1.28 bits per heavy atom. The number of halogens is 1. The SMILES string of the molecule is CC(C)(C)OC(=O)C(C)(CCNC(=O)c1sccc1CBr)S(C)(=O)=O. The van der Waals surface area contributed by atoms with Gasteiger partial charge in [-0.05, 0) is 51.1 Å². The quantitative estimate of drug-likeness (QED) is 0.506. The molecule has 1 aromatic rings. The predicted octanol–water partition coefficient (Wildman–Crippen LogP) is 2.91. The Morgan fingerprint density at radius 2 is 1.88 bits per heavy atom. The summed E-state index contributed by atoms with van der Waals surface area (Å²) in [6, 6.07) is 1.84. The van der Waals surface area contributed by atoms with Crippen molar-refractivity contribution in [2.75, 3.05) is 12.8 Å². The van der Waals surface area contributed by atoms with Crippen LogP contribution in [0.2, 0.25) is 0 Å². The predicted molar refractivity (Wildman–Crippen MR) is 103 cm³/mol. The molecule has 1 heterocycles. The highest BCUT2D eigenvalue weighted by Gasteiger charge is 2.46. The maximum absolute atomic E-state index is 12.4. The number of ether oxygens (including phenoxy) is 1. The lowest BCUT2D eigenvalue weighted by molar-refractivity contribution is -0.157. The summed E-state index contributed by atoms with van der Waals surface area (Å²) in [5.41, 5.74) is 0.0640. The minimum Gasteiger partial charge on any atom is -0.459 e. The zero-order chi connectivity index (χ0) is 19.5. The fourth-order valence-electron chi connectivity index (χ4n) is 1.96. The Morgan fingerprint density at radius 3 is 2.36 bits per heavy atom. The Kier molecular flexibility index (Phi) is 7.23. The molecule has 0 aliphatic carbocycles. The molecule has 0 aromatic carbocycles. The number of rotatable bonds is 7. The molecule has 1 atom stereocenters. The van der Waals surface area contributed by atoms with Gasteiger partial charge in [0.1, 0.15) is 5.60 Å². The van der Waals surface area contributed by atoms with Crippen molar-refractivity contribution in [3.8, 4) is 0 Å². The van der Waals surface area contributed by atoms with E-state index < -0.39 is 26.2 Å². The van der Waals surface area contributed by atoms with Crippen molar-refractivity contribution in [1.29, 1.82) is 0 Å². The van der Waals surface area contributed by atoms with Crippen LogP contribution < -0.4 is 5.32 Å². The van der Waals surface area contributed by atoms with E-state index in [1.807, 2.05) is 11.4 Å². The minimum absolute atomic E-state index is 0.0429. The third kappa shape index (κ3) is 5.79. The third-order valence-electron chi connectivity index (χ3n) is 3.63. The van der Waals surface area contributed by atoms with Crippen LogP contribution in [0.5, 0.6) is 0 Å². The molecule has 25 heavy (non-hydrogen) atoms. The summed E-state index contributed by atoms with van der Waals surface area (Å²) in [6.45, 7) is 6.40. The van der Waals surface area contributed by atoms with Crippen molar-refractivity contribution in [2.24, 2.45) is 0 Å². The molecule has 0 aliphatic heterocycles. The van der Waals surface area contributed by atoms with Gasteiger partial charge in [0.05, 0.1) is 4.88 Å². The zero-order valence-corrected chi connectivity index (χ0v) is 18.2. The summed E-state index contributed by atoms with van der Waals surface area (Å²) in [5, 5.41) is 5.05. The van der Waals surface area contributed by atoms with E-state index in [1.165, 1.54) is 18.3 Å². The van der Waals surface area contributed by atoms with Crippen LogP contribution in [0.25, 0.3) is 0 Å². The van der Waals surface area contributed by atoms with Gasteiger partial charge in [0.25, 0.3) is 5.91 Å². The first kappa shape index (κ1) is 22.1. The maximum atomic E-state index is 12.4. The zero-order valence-electron chi connectivity index (χ0n) is 15.0. The lowest BCUT2D eigenvalue weighted by Gasteiger charge is -2.30. The normalized spacial score (nSPS) is 14.6. The first-order chi connectivity index (χ1) is 11.3. The van der Waals surface area contributed by atoms with Gasteiger partial charge in [0.2, 0.25) is 0 Å². The highest BCUT2D eigenvalue weighted by Crippen LogP contribution is 2.25. The fraction of sp³-hybridized carbons (Fsp3) is 0.625. The van der Waals surface area contributed by atoms with Crippen LogP contribution in [-0.4, -0.2) is 43.4 Å². The number of amides is 1. The second-order valence-electron chi connectivity index (χ2n) is 6.92. The standard InChI is InChI=1S/C16H24BrNO5S2/c1-15(2,3)23-14(20)16(4,25(5,21)22)7-8-18-13(19)12-11(10-17)6-9-24-12/h6,9H,7-8,10H2,1-5H3,(H,18,19). The van der Waals surface area contributed by atoms with Crippen LogP contribution in [0.4, 0.5) is 0 Å². The summed E-state index contributed by atoms with van der Waals surface area (Å²) in [4.78, 5) is 25.2. The lowest BCUT2D eigenvalue weighted by atomic mass is 10.1. The van der Waals surface area contributed by atoms with Crippen molar-refractivity contribution in [2.45, 2.75) is 49.8 Å². The molecular weight excluding hydrogens is 430 g/mol. The van der Waals surface area contributed by atoms with Crippen LogP contribution >= 0.6 is 27.3 Å². The first-order valence-electron chi connectivity index (χ1n) is 7.65. The Hall–Kier alpha value is -0.930. The molecule has 0 saturated carbocycles. The van der Waals surface area contributed by atoms with Crippen LogP contribution in [0, 0.1) is 0 Å². The number of carbonyl (C=O) groups is 2. The molecular formula is C16H24BrNO5S2. The van der Waals surface area contributed by atoms with Gasteiger partial charge in [-0.3, -0.25) is 9.59 Å². The van der Waals surface area contributed by atoms with E-state index >= 15 is 0 Å². The Bertz CT molecular complexity index is 736. The first-order valence-corrected chi connectivity index (χ1v) is 11.5. The van der Waals surface area contributed by atoms with Gasteiger partial charge in [-0.25, -0.2) is 8.42 Å². The molecule has 1 unspecified atom stereocenters. The number of hydrogen-bond donors (Lipinski definition) is 1. The van der Waals surface area contributed by atoms with E-state index in [4.69, 9.17) is 4.74 Å².